The molecule has 5 rings (SSSR count). The van der Waals surface area contributed by atoms with Gasteiger partial charge in [0.25, 0.3) is 5.91 Å². The van der Waals surface area contributed by atoms with Gasteiger partial charge in [0.2, 0.25) is 0 Å². The normalized spacial score (nSPS) is 18.3. The molecule has 3 heterocycles. The third kappa shape index (κ3) is 4.27. The van der Waals surface area contributed by atoms with Crippen LogP contribution in [0, 0.1) is 6.92 Å². The summed E-state index contributed by atoms with van der Waals surface area (Å²) in [6, 6.07) is 18.8. The maximum atomic E-state index is 13.0. The first-order valence-corrected chi connectivity index (χ1v) is 11.6. The average Bonchev–Trinajstić information content (AvgIpc) is 3.20. The fourth-order valence-corrected chi connectivity index (χ4v) is 4.93. The number of aryl methyl sites for hydroxylation is 1. The molecule has 32 heavy (non-hydrogen) atoms. The number of hydrogen-bond donors (Lipinski definition) is 0. The van der Waals surface area contributed by atoms with Gasteiger partial charge < -0.3 is 9.64 Å². The Labute approximate surface area is 190 Å². The number of benzene rings is 2. The maximum Gasteiger partial charge on any atom is 0.253 e. The number of carbonyl (C=O) groups excluding carboxylic acids is 1. The summed E-state index contributed by atoms with van der Waals surface area (Å²) in [6.45, 7) is 5.78. The molecule has 1 atom stereocenters. The molecule has 4 nitrogen and oxygen atoms in total. The second-order valence-corrected chi connectivity index (χ2v) is 9.22. The van der Waals surface area contributed by atoms with Gasteiger partial charge in [0.15, 0.2) is 0 Å². The van der Waals surface area contributed by atoms with Gasteiger partial charge in [0, 0.05) is 42.9 Å². The molecule has 0 N–H and O–H groups in total. The van der Waals surface area contributed by atoms with Crippen LogP contribution in [0.2, 0.25) is 0 Å². The standard InChI is InChI=1S/C28H30N2O2/c1-19-5-3-4-6-23(19)16-21-7-9-26(29-18-21)22-11-13-30(14-12-22)28(31)24-8-10-27-25(17-24)15-20(2)32-27/h3-10,17-18,20,22H,11-16H2,1-2H3/t20-/m0/s1. The van der Waals surface area contributed by atoms with Crippen molar-refractivity contribution < 1.29 is 9.53 Å². The second kappa shape index (κ2) is 8.78. The van der Waals surface area contributed by atoms with Gasteiger partial charge in [-0.2, -0.15) is 0 Å². The van der Waals surface area contributed by atoms with E-state index in [4.69, 9.17) is 9.72 Å². The molecular weight excluding hydrogens is 396 g/mol. The minimum Gasteiger partial charge on any atom is -0.490 e. The van der Waals surface area contributed by atoms with E-state index in [-0.39, 0.29) is 12.0 Å². The number of rotatable bonds is 4. The number of fused-ring (bicyclic) bond motifs is 1. The third-order valence-corrected chi connectivity index (χ3v) is 6.85. The number of ether oxygens (including phenoxy) is 1. The van der Waals surface area contributed by atoms with Crippen LogP contribution < -0.4 is 4.74 Å². The topological polar surface area (TPSA) is 42.4 Å². The van der Waals surface area contributed by atoms with E-state index in [1.54, 1.807) is 0 Å². The number of amides is 1. The summed E-state index contributed by atoms with van der Waals surface area (Å²) in [6.07, 6.45) is 5.93. The number of likely N-dealkylation sites (tertiary alicyclic amines) is 1. The van der Waals surface area contributed by atoms with Crippen molar-refractivity contribution >= 4 is 5.91 Å². The van der Waals surface area contributed by atoms with Crippen molar-refractivity contribution in [3.8, 4) is 5.75 Å². The van der Waals surface area contributed by atoms with Crippen LogP contribution >= 0.6 is 0 Å². The monoisotopic (exact) mass is 426 g/mol. The molecule has 164 valence electrons. The summed E-state index contributed by atoms with van der Waals surface area (Å²) in [5.74, 6) is 1.47. The van der Waals surface area contributed by atoms with Gasteiger partial charge in [-0.15, -0.1) is 0 Å². The lowest BCUT2D eigenvalue weighted by Crippen LogP contribution is -2.38. The lowest BCUT2D eigenvalue weighted by atomic mass is 9.92. The average molecular weight is 427 g/mol. The maximum absolute atomic E-state index is 13.0. The molecule has 4 heteroatoms. The highest BCUT2D eigenvalue weighted by molar-refractivity contribution is 5.94. The second-order valence-electron chi connectivity index (χ2n) is 9.22. The Hall–Kier alpha value is -3.14. The van der Waals surface area contributed by atoms with E-state index in [1.165, 1.54) is 16.7 Å². The largest absolute Gasteiger partial charge is 0.490 e. The number of pyridine rings is 1. The van der Waals surface area contributed by atoms with Crippen LogP contribution in [0.4, 0.5) is 0 Å². The molecule has 1 fully saturated rings. The van der Waals surface area contributed by atoms with Crippen LogP contribution in [0.5, 0.6) is 5.75 Å². The molecule has 2 aliphatic rings. The Balaban J connectivity index is 1.19. The number of carbonyl (C=O) groups is 1. The highest BCUT2D eigenvalue weighted by atomic mass is 16.5. The van der Waals surface area contributed by atoms with Crippen molar-refractivity contribution in [3.63, 3.8) is 0 Å². The van der Waals surface area contributed by atoms with Crippen LogP contribution in [0.15, 0.2) is 60.8 Å². The quantitative estimate of drug-likeness (QED) is 0.567. The van der Waals surface area contributed by atoms with Crippen molar-refractivity contribution in [2.75, 3.05) is 13.1 Å². The number of aromatic nitrogens is 1. The molecule has 0 spiro atoms. The van der Waals surface area contributed by atoms with E-state index in [2.05, 4.69) is 50.2 Å². The van der Waals surface area contributed by atoms with Crippen LogP contribution in [-0.2, 0) is 12.8 Å². The molecule has 0 bridgehead atoms. The van der Waals surface area contributed by atoms with E-state index in [1.807, 2.05) is 29.3 Å². The van der Waals surface area contributed by atoms with E-state index < -0.39 is 0 Å². The zero-order chi connectivity index (χ0) is 22.1. The summed E-state index contributed by atoms with van der Waals surface area (Å²) >= 11 is 0. The van der Waals surface area contributed by atoms with Crippen molar-refractivity contribution in [2.45, 2.75) is 51.6 Å². The summed E-state index contributed by atoms with van der Waals surface area (Å²) in [5.41, 5.74) is 6.98. The molecule has 2 aliphatic heterocycles. The van der Waals surface area contributed by atoms with E-state index in [0.29, 0.717) is 5.92 Å². The number of nitrogens with zero attached hydrogens (tertiary/aromatic N) is 2. The van der Waals surface area contributed by atoms with Gasteiger partial charge >= 0.3 is 0 Å². The molecule has 0 aliphatic carbocycles. The predicted octanol–water partition coefficient (Wildman–Crippen LogP) is 5.32. The Kier molecular flexibility index (Phi) is 5.69. The van der Waals surface area contributed by atoms with Gasteiger partial charge in [0.05, 0.1) is 0 Å². The lowest BCUT2D eigenvalue weighted by molar-refractivity contribution is 0.0712. The van der Waals surface area contributed by atoms with Crippen molar-refractivity contribution in [1.82, 2.24) is 9.88 Å². The number of piperidine rings is 1. The molecule has 1 amide bonds. The SMILES string of the molecule is Cc1ccccc1Cc1ccc(C2CCN(C(=O)c3ccc4c(c3)C[C@H](C)O4)CC2)nc1. The Morgan fingerprint density at radius 3 is 2.66 bits per heavy atom. The van der Waals surface area contributed by atoms with E-state index >= 15 is 0 Å². The third-order valence-electron chi connectivity index (χ3n) is 6.85. The molecule has 1 saturated heterocycles. The zero-order valence-corrected chi connectivity index (χ0v) is 18.9. The highest BCUT2D eigenvalue weighted by Gasteiger charge is 2.27. The minimum absolute atomic E-state index is 0.132. The smallest absolute Gasteiger partial charge is 0.253 e. The first-order chi connectivity index (χ1) is 15.6. The molecule has 0 saturated carbocycles. The van der Waals surface area contributed by atoms with Crippen LogP contribution in [0.3, 0.4) is 0 Å². The van der Waals surface area contributed by atoms with Gasteiger partial charge in [0.1, 0.15) is 11.9 Å². The minimum atomic E-state index is 0.132. The molecule has 1 aromatic heterocycles. The summed E-state index contributed by atoms with van der Waals surface area (Å²) in [7, 11) is 0. The van der Waals surface area contributed by atoms with Crippen LogP contribution in [-0.4, -0.2) is 35.0 Å². The fraction of sp³-hybridized carbons (Fsp3) is 0.357. The van der Waals surface area contributed by atoms with Crippen molar-refractivity contribution in [3.05, 3.63) is 94.3 Å². The van der Waals surface area contributed by atoms with Gasteiger partial charge in [-0.05, 0) is 79.6 Å². The molecular formula is C28H30N2O2. The fourth-order valence-electron chi connectivity index (χ4n) is 4.93. The predicted molar refractivity (Wildman–Crippen MR) is 126 cm³/mol. The van der Waals surface area contributed by atoms with Gasteiger partial charge in [-0.25, -0.2) is 0 Å². The Morgan fingerprint density at radius 1 is 1.09 bits per heavy atom. The molecule has 0 unspecified atom stereocenters. The van der Waals surface area contributed by atoms with E-state index in [0.717, 1.165) is 61.3 Å². The summed E-state index contributed by atoms with van der Waals surface area (Å²) < 4.78 is 5.77. The first kappa shape index (κ1) is 20.7. The zero-order valence-electron chi connectivity index (χ0n) is 18.9. The highest BCUT2D eigenvalue weighted by Crippen LogP contribution is 2.31. The van der Waals surface area contributed by atoms with Crippen LogP contribution in [0.1, 0.15) is 64.0 Å². The summed E-state index contributed by atoms with van der Waals surface area (Å²) in [4.78, 5) is 19.8. The lowest BCUT2D eigenvalue weighted by Gasteiger charge is -2.32. The molecule has 0 radical (unpaired) electrons. The summed E-state index contributed by atoms with van der Waals surface area (Å²) in [5, 5.41) is 0. The van der Waals surface area contributed by atoms with Gasteiger partial charge in [-0.3, -0.25) is 9.78 Å². The first-order valence-electron chi connectivity index (χ1n) is 11.6. The van der Waals surface area contributed by atoms with Gasteiger partial charge in [-0.1, -0.05) is 30.3 Å². The van der Waals surface area contributed by atoms with Crippen LogP contribution in [0.25, 0.3) is 0 Å². The van der Waals surface area contributed by atoms with Crippen molar-refractivity contribution in [1.29, 1.82) is 0 Å². The Bertz CT molecular complexity index is 1110. The molecule has 2 aromatic carbocycles. The number of hydrogen-bond acceptors (Lipinski definition) is 3. The van der Waals surface area contributed by atoms with Crippen molar-refractivity contribution in [2.24, 2.45) is 0 Å². The Morgan fingerprint density at radius 2 is 1.91 bits per heavy atom. The van der Waals surface area contributed by atoms with E-state index in [9.17, 15) is 4.79 Å². The molecule has 3 aromatic rings.